The van der Waals surface area contributed by atoms with Crippen molar-refractivity contribution in [2.45, 2.75) is 26.4 Å². The fourth-order valence-corrected chi connectivity index (χ4v) is 1.28. The van der Waals surface area contributed by atoms with Gasteiger partial charge in [0.15, 0.2) is 0 Å². The Morgan fingerprint density at radius 1 is 1.31 bits per heavy atom. The maximum Gasteiger partial charge on any atom is 0.416 e. The maximum absolute atomic E-state index is 12.4. The van der Waals surface area contributed by atoms with Gasteiger partial charge in [-0.05, 0) is 17.5 Å². The van der Waals surface area contributed by atoms with Crippen molar-refractivity contribution >= 4 is 5.71 Å². The number of nitrogens with one attached hydrogen (secondary N) is 1. The quantitative estimate of drug-likeness (QED) is 0.759. The summed E-state index contributed by atoms with van der Waals surface area (Å²) in [5, 5.41) is 7.63. The largest absolute Gasteiger partial charge is 0.416 e. The molecule has 0 spiro atoms. The summed E-state index contributed by atoms with van der Waals surface area (Å²) in [6.07, 6.45) is -4.03. The first-order chi connectivity index (χ1) is 7.30. The Hall–Kier alpha value is -1.32. The third-order valence-corrected chi connectivity index (χ3v) is 2.35. The van der Waals surface area contributed by atoms with Crippen molar-refractivity contribution in [1.82, 2.24) is 0 Å². The Morgan fingerprint density at radius 3 is 2.44 bits per heavy atom. The van der Waals surface area contributed by atoms with Crippen LogP contribution in [0.5, 0.6) is 0 Å². The Kier molecular flexibility index (Phi) is 3.73. The third-order valence-electron chi connectivity index (χ3n) is 2.35. The fourth-order valence-electron chi connectivity index (χ4n) is 1.28. The molecule has 0 aliphatic carbocycles. The SMILES string of the molecule is CC(C)C(=N)Cc1cccc(C(F)(F)F)c1. The van der Waals surface area contributed by atoms with Crippen molar-refractivity contribution in [3.8, 4) is 0 Å². The van der Waals surface area contributed by atoms with Crippen molar-refractivity contribution in [1.29, 1.82) is 5.41 Å². The monoisotopic (exact) mass is 229 g/mol. The van der Waals surface area contributed by atoms with Crippen LogP contribution in [-0.2, 0) is 12.6 Å². The molecule has 0 saturated carbocycles. The Labute approximate surface area is 92.8 Å². The minimum atomic E-state index is -4.31. The summed E-state index contributed by atoms with van der Waals surface area (Å²) in [4.78, 5) is 0. The number of halogens is 3. The van der Waals surface area contributed by atoms with Gasteiger partial charge in [0.25, 0.3) is 0 Å². The van der Waals surface area contributed by atoms with Gasteiger partial charge < -0.3 is 5.41 Å². The molecule has 88 valence electrons. The van der Waals surface area contributed by atoms with E-state index in [4.69, 9.17) is 5.41 Å². The molecular weight excluding hydrogens is 215 g/mol. The summed E-state index contributed by atoms with van der Waals surface area (Å²) in [5.41, 5.74) is 0.328. The molecule has 1 nitrogen and oxygen atoms in total. The van der Waals surface area contributed by atoms with Crippen LogP contribution in [0, 0.1) is 11.3 Å². The maximum atomic E-state index is 12.4. The first-order valence-electron chi connectivity index (χ1n) is 5.04. The molecule has 0 fully saturated rings. The molecule has 0 aliphatic rings. The van der Waals surface area contributed by atoms with Crippen LogP contribution in [0.3, 0.4) is 0 Å². The molecule has 0 atom stereocenters. The second-order valence-electron chi connectivity index (χ2n) is 4.05. The highest BCUT2D eigenvalue weighted by molar-refractivity contribution is 5.85. The number of alkyl halides is 3. The predicted octanol–water partition coefficient (Wildman–Crippen LogP) is 3.92. The van der Waals surface area contributed by atoms with Crippen molar-refractivity contribution < 1.29 is 13.2 Å². The van der Waals surface area contributed by atoms with Crippen LogP contribution in [0.15, 0.2) is 24.3 Å². The highest BCUT2D eigenvalue weighted by atomic mass is 19.4. The Bertz CT molecular complexity index is 380. The van der Waals surface area contributed by atoms with Crippen LogP contribution in [0.25, 0.3) is 0 Å². The second kappa shape index (κ2) is 4.68. The van der Waals surface area contributed by atoms with Gasteiger partial charge in [-0.1, -0.05) is 32.0 Å². The molecule has 0 aromatic heterocycles. The molecule has 4 heteroatoms. The number of hydrogen-bond donors (Lipinski definition) is 1. The van der Waals surface area contributed by atoms with Crippen molar-refractivity contribution in [3.63, 3.8) is 0 Å². The smallest absolute Gasteiger partial charge is 0.309 e. The fraction of sp³-hybridized carbons (Fsp3) is 0.417. The zero-order chi connectivity index (χ0) is 12.3. The van der Waals surface area contributed by atoms with Crippen LogP contribution in [-0.4, -0.2) is 5.71 Å². The first-order valence-corrected chi connectivity index (χ1v) is 5.04. The van der Waals surface area contributed by atoms with Crippen LogP contribution in [0.2, 0.25) is 0 Å². The molecule has 1 rings (SSSR count). The van der Waals surface area contributed by atoms with Crippen molar-refractivity contribution in [3.05, 3.63) is 35.4 Å². The van der Waals surface area contributed by atoms with Gasteiger partial charge in [0.2, 0.25) is 0 Å². The predicted molar refractivity (Wildman–Crippen MR) is 57.7 cm³/mol. The minimum absolute atomic E-state index is 0.0644. The topological polar surface area (TPSA) is 23.9 Å². The summed E-state index contributed by atoms with van der Waals surface area (Å²) < 4.78 is 37.2. The molecule has 0 radical (unpaired) electrons. The lowest BCUT2D eigenvalue weighted by Gasteiger charge is -2.10. The average molecular weight is 229 g/mol. The van der Waals surface area contributed by atoms with Gasteiger partial charge in [-0.25, -0.2) is 0 Å². The number of benzene rings is 1. The van der Waals surface area contributed by atoms with E-state index in [1.54, 1.807) is 6.07 Å². The second-order valence-corrected chi connectivity index (χ2v) is 4.05. The third kappa shape index (κ3) is 3.36. The minimum Gasteiger partial charge on any atom is -0.309 e. The first kappa shape index (κ1) is 12.7. The molecule has 0 bridgehead atoms. The van der Waals surface area contributed by atoms with Gasteiger partial charge in [0.05, 0.1) is 5.56 Å². The number of rotatable bonds is 3. The van der Waals surface area contributed by atoms with E-state index < -0.39 is 11.7 Å². The lowest BCUT2D eigenvalue weighted by atomic mass is 9.99. The molecule has 1 N–H and O–H groups in total. The highest BCUT2D eigenvalue weighted by Crippen LogP contribution is 2.29. The van der Waals surface area contributed by atoms with E-state index in [1.165, 1.54) is 6.07 Å². The van der Waals surface area contributed by atoms with E-state index in [9.17, 15) is 13.2 Å². The van der Waals surface area contributed by atoms with E-state index >= 15 is 0 Å². The summed E-state index contributed by atoms with van der Waals surface area (Å²) in [6.45, 7) is 3.71. The Balaban J connectivity index is 2.88. The highest BCUT2D eigenvalue weighted by Gasteiger charge is 2.30. The molecule has 0 aliphatic heterocycles. The van der Waals surface area contributed by atoms with Gasteiger partial charge >= 0.3 is 6.18 Å². The summed E-state index contributed by atoms with van der Waals surface area (Å²) in [7, 11) is 0. The molecular formula is C12H14F3N. The standard InChI is InChI=1S/C12H14F3N/c1-8(2)11(16)7-9-4-3-5-10(6-9)12(13,14)15/h3-6,8,16H,7H2,1-2H3. The van der Waals surface area contributed by atoms with Crippen molar-refractivity contribution in [2.24, 2.45) is 5.92 Å². The molecule has 0 amide bonds. The molecule has 0 heterocycles. The van der Waals surface area contributed by atoms with E-state index in [-0.39, 0.29) is 12.3 Å². The average Bonchev–Trinajstić information content (AvgIpc) is 2.16. The van der Waals surface area contributed by atoms with Crippen molar-refractivity contribution in [2.75, 3.05) is 0 Å². The number of hydrogen-bond acceptors (Lipinski definition) is 1. The summed E-state index contributed by atoms with van der Waals surface area (Å²) in [5.74, 6) is 0.0644. The summed E-state index contributed by atoms with van der Waals surface area (Å²) >= 11 is 0. The molecule has 1 aromatic rings. The van der Waals surface area contributed by atoms with Crippen LogP contribution in [0.1, 0.15) is 25.0 Å². The molecule has 0 unspecified atom stereocenters. The lowest BCUT2D eigenvalue weighted by Crippen LogP contribution is -2.11. The Morgan fingerprint density at radius 2 is 1.94 bits per heavy atom. The van der Waals surface area contributed by atoms with Crippen LogP contribution in [0.4, 0.5) is 13.2 Å². The normalized spacial score (nSPS) is 11.9. The molecule has 1 aromatic carbocycles. The molecule has 0 saturated heterocycles. The van der Waals surface area contributed by atoms with E-state index in [0.717, 1.165) is 12.1 Å². The van der Waals surface area contributed by atoms with E-state index in [1.807, 2.05) is 13.8 Å². The van der Waals surface area contributed by atoms with Gasteiger partial charge in [0.1, 0.15) is 0 Å². The van der Waals surface area contributed by atoms with Gasteiger partial charge in [-0.15, -0.1) is 0 Å². The zero-order valence-electron chi connectivity index (χ0n) is 9.23. The van der Waals surface area contributed by atoms with Gasteiger partial charge in [0, 0.05) is 12.1 Å². The van der Waals surface area contributed by atoms with Gasteiger partial charge in [-0.2, -0.15) is 13.2 Å². The van der Waals surface area contributed by atoms with E-state index in [0.29, 0.717) is 11.3 Å². The van der Waals surface area contributed by atoms with E-state index in [2.05, 4.69) is 0 Å². The summed E-state index contributed by atoms with van der Waals surface area (Å²) in [6, 6.07) is 5.15. The van der Waals surface area contributed by atoms with Crippen LogP contribution < -0.4 is 0 Å². The molecule has 16 heavy (non-hydrogen) atoms. The zero-order valence-corrected chi connectivity index (χ0v) is 9.23. The van der Waals surface area contributed by atoms with Crippen LogP contribution >= 0.6 is 0 Å². The van der Waals surface area contributed by atoms with Gasteiger partial charge in [-0.3, -0.25) is 0 Å². The lowest BCUT2D eigenvalue weighted by molar-refractivity contribution is -0.137.